The number of benzene rings is 1. The molecule has 1 aliphatic heterocycles. The molecule has 1 aromatic rings. The summed E-state index contributed by atoms with van der Waals surface area (Å²) in [5.41, 5.74) is 7.00. The molecule has 1 saturated heterocycles. The monoisotopic (exact) mass is 205 g/mol. The summed E-state index contributed by atoms with van der Waals surface area (Å²) in [6.07, 6.45) is 1.96. The highest BCUT2D eigenvalue weighted by Gasteiger charge is 2.18. The largest absolute Gasteiger partial charge is 0.381 e. The zero-order chi connectivity index (χ0) is 10.7. The second-order valence-electron chi connectivity index (χ2n) is 3.96. The van der Waals surface area contributed by atoms with Crippen LogP contribution >= 0.6 is 0 Å². The van der Waals surface area contributed by atoms with Crippen molar-refractivity contribution in [2.24, 2.45) is 11.7 Å². The van der Waals surface area contributed by atoms with E-state index in [1.54, 1.807) is 6.07 Å². The lowest BCUT2D eigenvalue weighted by Crippen LogP contribution is -2.15. The number of ether oxygens (including phenoxy) is 1. The van der Waals surface area contributed by atoms with Gasteiger partial charge in [-0.3, -0.25) is 4.79 Å². The molecule has 1 heterocycles. The maximum absolute atomic E-state index is 11.2. The number of rotatable bonds is 3. The van der Waals surface area contributed by atoms with Crippen LogP contribution in [0.1, 0.15) is 22.3 Å². The predicted molar refractivity (Wildman–Crippen MR) is 57.6 cm³/mol. The number of hydrogen-bond acceptors (Lipinski definition) is 2. The minimum atomic E-state index is -0.343. The van der Waals surface area contributed by atoms with E-state index in [4.69, 9.17) is 10.5 Å². The molecule has 15 heavy (non-hydrogen) atoms. The van der Waals surface area contributed by atoms with Gasteiger partial charge in [-0.2, -0.15) is 0 Å². The zero-order valence-corrected chi connectivity index (χ0v) is 8.61. The van der Waals surface area contributed by atoms with Crippen molar-refractivity contribution in [3.05, 3.63) is 35.4 Å². The Morgan fingerprint density at radius 3 is 2.93 bits per heavy atom. The molecule has 3 nitrogen and oxygen atoms in total. The maximum Gasteiger partial charge on any atom is 0.248 e. The molecule has 0 bridgehead atoms. The van der Waals surface area contributed by atoms with Crippen LogP contribution in [0.15, 0.2) is 24.3 Å². The summed E-state index contributed by atoms with van der Waals surface area (Å²) >= 11 is 0. The zero-order valence-electron chi connectivity index (χ0n) is 8.61. The Hall–Kier alpha value is -1.35. The van der Waals surface area contributed by atoms with E-state index >= 15 is 0 Å². The molecule has 0 spiro atoms. The molecule has 0 radical (unpaired) electrons. The summed E-state index contributed by atoms with van der Waals surface area (Å²) in [7, 11) is 0. The van der Waals surface area contributed by atoms with Crippen molar-refractivity contribution in [2.45, 2.75) is 12.8 Å². The van der Waals surface area contributed by atoms with Gasteiger partial charge < -0.3 is 10.5 Å². The Bertz CT molecular complexity index is 356. The van der Waals surface area contributed by atoms with Gasteiger partial charge in [-0.25, -0.2) is 0 Å². The molecule has 1 aromatic carbocycles. The topological polar surface area (TPSA) is 52.3 Å². The van der Waals surface area contributed by atoms with Crippen LogP contribution < -0.4 is 5.73 Å². The van der Waals surface area contributed by atoms with Gasteiger partial charge in [0.15, 0.2) is 0 Å². The molecule has 0 aliphatic carbocycles. The average Bonchev–Trinajstić information content (AvgIpc) is 2.71. The van der Waals surface area contributed by atoms with E-state index in [2.05, 4.69) is 0 Å². The second kappa shape index (κ2) is 4.45. The SMILES string of the molecule is NC(=O)c1ccccc1CC1CCOC1. The third-order valence-corrected chi connectivity index (χ3v) is 2.82. The molecule has 1 fully saturated rings. The van der Waals surface area contributed by atoms with Gasteiger partial charge in [0, 0.05) is 18.8 Å². The van der Waals surface area contributed by atoms with Crippen molar-refractivity contribution >= 4 is 5.91 Å². The Balaban J connectivity index is 2.15. The molecule has 1 aliphatic rings. The van der Waals surface area contributed by atoms with Crippen molar-refractivity contribution in [1.29, 1.82) is 0 Å². The van der Waals surface area contributed by atoms with Crippen LogP contribution in [0.2, 0.25) is 0 Å². The highest BCUT2D eigenvalue weighted by Crippen LogP contribution is 2.20. The molecule has 0 aromatic heterocycles. The molecule has 3 heteroatoms. The third kappa shape index (κ3) is 2.36. The fraction of sp³-hybridized carbons (Fsp3) is 0.417. The normalized spacial score (nSPS) is 20.4. The number of carbonyl (C=O) groups excluding carboxylic acids is 1. The smallest absolute Gasteiger partial charge is 0.248 e. The van der Waals surface area contributed by atoms with E-state index in [0.29, 0.717) is 11.5 Å². The van der Waals surface area contributed by atoms with Crippen LogP contribution in [0.5, 0.6) is 0 Å². The van der Waals surface area contributed by atoms with Crippen molar-refractivity contribution in [3.63, 3.8) is 0 Å². The summed E-state index contributed by atoms with van der Waals surface area (Å²) in [6.45, 7) is 1.64. The number of amides is 1. The Morgan fingerprint density at radius 2 is 2.27 bits per heavy atom. The molecular weight excluding hydrogens is 190 g/mol. The molecule has 1 unspecified atom stereocenters. The first-order valence-electron chi connectivity index (χ1n) is 5.23. The van der Waals surface area contributed by atoms with Crippen LogP contribution in [0.3, 0.4) is 0 Å². The first kappa shape index (κ1) is 10.2. The highest BCUT2D eigenvalue weighted by atomic mass is 16.5. The first-order chi connectivity index (χ1) is 7.27. The summed E-state index contributed by atoms with van der Waals surface area (Å²) in [4.78, 5) is 11.2. The molecule has 2 N–H and O–H groups in total. The Kier molecular flexibility index (Phi) is 3.02. The Morgan fingerprint density at radius 1 is 1.47 bits per heavy atom. The lowest BCUT2D eigenvalue weighted by atomic mass is 9.95. The lowest BCUT2D eigenvalue weighted by molar-refractivity contribution is 0.0999. The van der Waals surface area contributed by atoms with Gasteiger partial charge in [-0.1, -0.05) is 18.2 Å². The van der Waals surface area contributed by atoms with Gasteiger partial charge in [0.05, 0.1) is 0 Å². The summed E-state index contributed by atoms with van der Waals surface area (Å²) in [5, 5.41) is 0. The summed E-state index contributed by atoms with van der Waals surface area (Å²) in [5.74, 6) is 0.190. The van der Waals surface area contributed by atoms with Gasteiger partial charge in [-0.15, -0.1) is 0 Å². The molecule has 1 atom stereocenters. The van der Waals surface area contributed by atoms with Crippen LogP contribution in [-0.4, -0.2) is 19.1 Å². The molecule has 1 amide bonds. The Labute approximate surface area is 89.2 Å². The van der Waals surface area contributed by atoms with Crippen molar-refractivity contribution in [2.75, 3.05) is 13.2 Å². The number of primary amides is 1. The van der Waals surface area contributed by atoms with Crippen LogP contribution in [0.25, 0.3) is 0 Å². The molecule has 80 valence electrons. The predicted octanol–water partition coefficient (Wildman–Crippen LogP) is 1.36. The van der Waals surface area contributed by atoms with E-state index in [9.17, 15) is 4.79 Å². The maximum atomic E-state index is 11.2. The standard InChI is InChI=1S/C12H15NO2/c13-12(14)11-4-2-1-3-10(11)7-9-5-6-15-8-9/h1-4,9H,5-8H2,(H2,13,14). The van der Waals surface area contributed by atoms with E-state index in [1.807, 2.05) is 18.2 Å². The number of carbonyl (C=O) groups is 1. The summed E-state index contributed by atoms with van der Waals surface area (Å²) < 4.78 is 5.31. The summed E-state index contributed by atoms with van der Waals surface area (Å²) in [6, 6.07) is 7.54. The third-order valence-electron chi connectivity index (χ3n) is 2.82. The minimum absolute atomic E-state index is 0.343. The fourth-order valence-electron chi connectivity index (χ4n) is 1.99. The van der Waals surface area contributed by atoms with E-state index in [-0.39, 0.29) is 5.91 Å². The van der Waals surface area contributed by atoms with Crippen molar-refractivity contribution in [1.82, 2.24) is 0 Å². The minimum Gasteiger partial charge on any atom is -0.381 e. The average molecular weight is 205 g/mol. The number of hydrogen-bond donors (Lipinski definition) is 1. The van der Waals surface area contributed by atoms with Gasteiger partial charge in [-0.05, 0) is 30.4 Å². The van der Waals surface area contributed by atoms with Gasteiger partial charge in [0.1, 0.15) is 0 Å². The van der Waals surface area contributed by atoms with Gasteiger partial charge >= 0.3 is 0 Å². The first-order valence-corrected chi connectivity index (χ1v) is 5.23. The number of nitrogens with two attached hydrogens (primary N) is 1. The second-order valence-corrected chi connectivity index (χ2v) is 3.96. The quantitative estimate of drug-likeness (QED) is 0.810. The van der Waals surface area contributed by atoms with Crippen LogP contribution in [0.4, 0.5) is 0 Å². The molecule has 0 saturated carbocycles. The van der Waals surface area contributed by atoms with E-state index < -0.39 is 0 Å². The van der Waals surface area contributed by atoms with Crippen molar-refractivity contribution in [3.8, 4) is 0 Å². The highest BCUT2D eigenvalue weighted by molar-refractivity contribution is 5.94. The van der Waals surface area contributed by atoms with Gasteiger partial charge in [0.25, 0.3) is 0 Å². The fourth-order valence-corrected chi connectivity index (χ4v) is 1.99. The van der Waals surface area contributed by atoms with E-state index in [1.165, 1.54) is 0 Å². The van der Waals surface area contributed by atoms with Crippen molar-refractivity contribution < 1.29 is 9.53 Å². The lowest BCUT2D eigenvalue weighted by Gasteiger charge is -2.10. The van der Waals surface area contributed by atoms with Crippen LogP contribution in [-0.2, 0) is 11.2 Å². The van der Waals surface area contributed by atoms with E-state index in [0.717, 1.165) is 31.6 Å². The molecule has 2 rings (SSSR count). The van der Waals surface area contributed by atoms with Crippen LogP contribution in [0, 0.1) is 5.92 Å². The van der Waals surface area contributed by atoms with Gasteiger partial charge in [0.2, 0.25) is 5.91 Å². The molecular formula is C12H15NO2.